The molecule has 136 valence electrons. The number of amides is 1. The van der Waals surface area contributed by atoms with Gasteiger partial charge in [-0.3, -0.25) is 4.79 Å². The lowest BCUT2D eigenvalue weighted by atomic mass is 9.52. The Morgan fingerprint density at radius 3 is 2.68 bits per heavy atom. The molecule has 4 aliphatic carbocycles. The molecular formula is C20H29N3O2. The van der Waals surface area contributed by atoms with E-state index in [2.05, 4.69) is 22.2 Å². The van der Waals surface area contributed by atoms with Gasteiger partial charge in [0.15, 0.2) is 0 Å². The number of carbonyl (C=O) groups excluding carboxylic acids is 1. The van der Waals surface area contributed by atoms with Crippen LogP contribution in [0.3, 0.4) is 0 Å². The van der Waals surface area contributed by atoms with Gasteiger partial charge in [-0.05, 0) is 69.6 Å². The van der Waals surface area contributed by atoms with E-state index >= 15 is 0 Å². The molecule has 2 atom stereocenters. The molecule has 1 amide bonds. The first-order chi connectivity index (χ1) is 12.0. The van der Waals surface area contributed by atoms with Crippen molar-refractivity contribution in [2.45, 2.75) is 76.9 Å². The van der Waals surface area contributed by atoms with Crippen molar-refractivity contribution in [3.8, 4) is 0 Å². The van der Waals surface area contributed by atoms with Crippen LogP contribution in [0.2, 0.25) is 0 Å². The van der Waals surface area contributed by atoms with E-state index < -0.39 is 5.60 Å². The van der Waals surface area contributed by atoms with Crippen LogP contribution in [-0.4, -0.2) is 32.6 Å². The Hall–Kier alpha value is -1.49. The highest BCUT2D eigenvalue weighted by Crippen LogP contribution is 2.55. The molecule has 1 aromatic rings. The molecule has 4 bridgehead atoms. The lowest BCUT2D eigenvalue weighted by Gasteiger charge is -2.58. The molecular weight excluding hydrogens is 314 g/mol. The van der Waals surface area contributed by atoms with E-state index in [1.165, 1.54) is 0 Å². The zero-order chi connectivity index (χ0) is 17.6. The van der Waals surface area contributed by atoms with E-state index in [-0.39, 0.29) is 11.9 Å². The molecule has 5 nitrogen and oxygen atoms in total. The first-order valence-electron chi connectivity index (χ1n) is 9.83. The fourth-order valence-corrected chi connectivity index (χ4v) is 5.69. The Kier molecular flexibility index (Phi) is 4.30. The third-order valence-electron chi connectivity index (χ3n) is 6.54. The molecule has 5 rings (SSSR count). The first-order valence-corrected chi connectivity index (χ1v) is 9.83. The van der Waals surface area contributed by atoms with Crippen LogP contribution in [0.5, 0.6) is 0 Å². The molecule has 0 radical (unpaired) electrons. The number of aliphatic hydroxyl groups is 1. The topological polar surface area (TPSA) is 75.1 Å². The molecule has 1 heterocycles. The van der Waals surface area contributed by atoms with E-state index in [9.17, 15) is 9.90 Å². The number of nitrogens with zero attached hydrogens (tertiary/aromatic N) is 2. The van der Waals surface area contributed by atoms with Gasteiger partial charge in [0.05, 0.1) is 16.9 Å². The molecule has 1 aromatic heterocycles. The Morgan fingerprint density at radius 2 is 2.04 bits per heavy atom. The summed E-state index contributed by atoms with van der Waals surface area (Å²) in [4.78, 5) is 21.7. The summed E-state index contributed by atoms with van der Waals surface area (Å²) in [5, 5.41) is 14.0. The fraction of sp³-hybridized carbons (Fsp3) is 0.750. The molecule has 0 spiro atoms. The molecule has 4 aliphatic rings. The number of rotatable bonds is 5. The van der Waals surface area contributed by atoms with Crippen LogP contribution in [0.1, 0.15) is 73.7 Å². The minimum Gasteiger partial charge on any atom is -0.390 e. The smallest absolute Gasteiger partial charge is 0.254 e. The van der Waals surface area contributed by atoms with Crippen LogP contribution in [0, 0.1) is 24.7 Å². The summed E-state index contributed by atoms with van der Waals surface area (Å²) in [5.41, 5.74) is 1.04. The molecule has 2 N–H and O–H groups in total. The van der Waals surface area contributed by atoms with Crippen molar-refractivity contribution >= 4 is 5.91 Å². The molecule has 5 heteroatoms. The van der Waals surface area contributed by atoms with E-state index in [4.69, 9.17) is 0 Å². The largest absolute Gasteiger partial charge is 0.390 e. The Balaban J connectivity index is 1.51. The fourth-order valence-electron chi connectivity index (χ4n) is 5.69. The number of carbonyl (C=O) groups is 1. The number of unbranched alkanes of at least 4 members (excludes halogenated alkanes) is 1. The summed E-state index contributed by atoms with van der Waals surface area (Å²) in [7, 11) is 0. The maximum Gasteiger partial charge on any atom is 0.254 e. The lowest BCUT2D eigenvalue weighted by Crippen LogP contribution is -2.61. The predicted octanol–water partition coefficient (Wildman–Crippen LogP) is 2.80. The molecule has 2 unspecified atom stereocenters. The normalized spacial score (nSPS) is 35.8. The number of aromatic nitrogens is 2. The second-order valence-electron chi connectivity index (χ2n) is 8.57. The summed E-state index contributed by atoms with van der Waals surface area (Å²) in [5.74, 6) is 2.19. The quantitative estimate of drug-likeness (QED) is 0.862. The molecule has 0 aromatic carbocycles. The van der Waals surface area contributed by atoms with Crippen molar-refractivity contribution in [3.05, 3.63) is 23.3 Å². The van der Waals surface area contributed by atoms with Crippen molar-refractivity contribution < 1.29 is 9.90 Å². The number of aryl methyl sites for hydroxylation is 2. The Labute approximate surface area is 149 Å². The molecule has 4 saturated carbocycles. The molecule has 4 fully saturated rings. The van der Waals surface area contributed by atoms with E-state index in [0.717, 1.165) is 62.9 Å². The maximum absolute atomic E-state index is 13.0. The molecule has 25 heavy (non-hydrogen) atoms. The second-order valence-corrected chi connectivity index (χ2v) is 8.57. The van der Waals surface area contributed by atoms with Crippen LogP contribution in [0.4, 0.5) is 0 Å². The van der Waals surface area contributed by atoms with Crippen molar-refractivity contribution in [1.82, 2.24) is 15.3 Å². The monoisotopic (exact) mass is 343 g/mol. The van der Waals surface area contributed by atoms with Gasteiger partial charge in [-0.2, -0.15) is 0 Å². The van der Waals surface area contributed by atoms with Gasteiger partial charge in [0, 0.05) is 12.2 Å². The SMILES string of the molecule is CCCCc1nc(C)ncc1C(=O)NC1C2CC3CC1CC(O)(C3)C2. The summed E-state index contributed by atoms with van der Waals surface area (Å²) in [6.07, 6.45) is 9.57. The number of hydrogen-bond donors (Lipinski definition) is 2. The summed E-state index contributed by atoms with van der Waals surface area (Å²) in [6, 6.07) is 0.199. The van der Waals surface area contributed by atoms with Crippen molar-refractivity contribution in [1.29, 1.82) is 0 Å². The van der Waals surface area contributed by atoms with Crippen molar-refractivity contribution in [2.24, 2.45) is 17.8 Å². The van der Waals surface area contributed by atoms with Crippen LogP contribution in [-0.2, 0) is 6.42 Å². The van der Waals surface area contributed by atoms with Gasteiger partial charge in [-0.1, -0.05) is 13.3 Å². The van der Waals surface area contributed by atoms with Crippen molar-refractivity contribution in [3.63, 3.8) is 0 Å². The summed E-state index contributed by atoms with van der Waals surface area (Å²) < 4.78 is 0. The standard InChI is InChI=1S/C20H29N3O2/c1-3-4-5-17-16(11-21-12(2)22-17)19(24)23-18-14-6-13-7-15(18)10-20(25,8-13)9-14/h11,13-15,18,25H,3-10H2,1-2H3,(H,23,24). The third kappa shape index (κ3) is 3.19. The van der Waals surface area contributed by atoms with Gasteiger partial charge >= 0.3 is 0 Å². The number of nitrogens with one attached hydrogen (secondary N) is 1. The Bertz CT molecular complexity index is 659. The maximum atomic E-state index is 13.0. The minimum atomic E-state index is -0.461. The summed E-state index contributed by atoms with van der Waals surface area (Å²) in [6.45, 7) is 4.02. The average Bonchev–Trinajstić information content (AvgIpc) is 2.54. The highest BCUT2D eigenvalue weighted by molar-refractivity contribution is 5.95. The third-order valence-corrected chi connectivity index (χ3v) is 6.54. The van der Waals surface area contributed by atoms with E-state index in [1.54, 1.807) is 6.20 Å². The average molecular weight is 343 g/mol. The first kappa shape index (κ1) is 17.0. The van der Waals surface area contributed by atoms with Crippen LogP contribution < -0.4 is 5.32 Å². The van der Waals surface area contributed by atoms with Gasteiger partial charge in [0.25, 0.3) is 5.91 Å². The van der Waals surface area contributed by atoms with Gasteiger partial charge in [-0.25, -0.2) is 9.97 Å². The van der Waals surface area contributed by atoms with Crippen molar-refractivity contribution in [2.75, 3.05) is 0 Å². The minimum absolute atomic E-state index is 0.0319. The molecule has 0 aliphatic heterocycles. The van der Waals surface area contributed by atoms with Crippen LogP contribution in [0.25, 0.3) is 0 Å². The summed E-state index contributed by atoms with van der Waals surface area (Å²) >= 11 is 0. The lowest BCUT2D eigenvalue weighted by molar-refractivity contribution is -0.136. The van der Waals surface area contributed by atoms with E-state index in [0.29, 0.717) is 23.3 Å². The highest BCUT2D eigenvalue weighted by Gasteiger charge is 2.55. The predicted molar refractivity (Wildman–Crippen MR) is 95.1 cm³/mol. The van der Waals surface area contributed by atoms with E-state index in [1.807, 2.05) is 6.92 Å². The van der Waals surface area contributed by atoms with Gasteiger partial charge in [0.2, 0.25) is 0 Å². The van der Waals surface area contributed by atoms with Gasteiger partial charge in [0.1, 0.15) is 5.82 Å². The number of hydrogen-bond acceptors (Lipinski definition) is 4. The second kappa shape index (κ2) is 6.35. The molecule has 0 saturated heterocycles. The highest BCUT2D eigenvalue weighted by atomic mass is 16.3. The Morgan fingerprint density at radius 1 is 1.32 bits per heavy atom. The van der Waals surface area contributed by atoms with Gasteiger partial charge < -0.3 is 10.4 Å². The zero-order valence-corrected chi connectivity index (χ0v) is 15.3. The van der Waals surface area contributed by atoms with Crippen LogP contribution >= 0.6 is 0 Å². The van der Waals surface area contributed by atoms with Crippen LogP contribution in [0.15, 0.2) is 6.20 Å². The van der Waals surface area contributed by atoms with Gasteiger partial charge in [-0.15, -0.1) is 0 Å². The zero-order valence-electron chi connectivity index (χ0n) is 15.3.